The number of hydrogen-bond acceptors (Lipinski definition) is 11. The van der Waals surface area contributed by atoms with Gasteiger partial charge in [-0.2, -0.15) is 44.7 Å². The van der Waals surface area contributed by atoms with Crippen LogP contribution in [0.2, 0.25) is 5.02 Å². The van der Waals surface area contributed by atoms with Gasteiger partial charge < -0.3 is 23.7 Å². The molecule has 5 rings (SSSR count). The molecule has 0 aliphatic rings. The number of nitriles is 6. The molecule has 0 aromatic heterocycles. The summed E-state index contributed by atoms with van der Waals surface area (Å²) in [4.78, 5) is 0. The Balaban J connectivity index is 0.000000742. The Morgan fingerprint density at radius 1 is 0.565 bits per heavy atom. The van der Waals surface area contributed by atoms with Crippen LogP contribution in [0.5, 0.6) is 28.7 Å². The summed E-state index contributed by atoms with van der Waals surface area (Å²) in [7, 11) is 0. The third-order valence-corrected chi connectivity index (χ3v) is 7.45. The summed E-state index contributed by atoms with van der Waals surface area (Å²) in [5, 5.41) is 48.7. The number of rotatable bonds is 10. The molecule has 0 aliphatic carbocycles. The molecule has 0 radical (unpaired) electrons. The van der Waals surface area contributed by atoms with Gasteiger partial charge in [0, 0.05) is 21.0 Å². The van der Waals surface area contributed by atoms with Crippen LogP contribution in [-0.4, -0.2) is 33.0 Å². The Morgan fingerprint density at radius 3 is 1.48 bits per heavy atom. The molecule has 0 atom stereocenters. The molecule has 19 heteroatoms. The van der Waals surface area contributed by atoms with Crippen LogP contribution in [0.15, 0.2) is 120 Å². The van der Waals surface area contributed by atoms with Gasteiger partial charge in [0.2, 0.25) is 0 Å². The Labute approximate surface area is 382 Å². The van der Waals surface area contributed by atoms with Crippen molar-refractivity contribution in [2.24, 2.45) is 0 Å². The Kier molecular flexibility index (Phi) is 30.2. The van der Waals surface area contributed by atoms with Gasteiger partial charge in [-0.15, -0.1) is 0 Å². The van der Waals surface area contributed by atoms with Crippen LogP contribution in [0.4, 0.5) is 22.0 Å². The van der Waals surface area contributed by atoms with Crippen molar-refractivity contribution in [1.82, 2.24) is 0 Å². The van der Waals surface area contributed by atoms with Crippen molar-refractivity contribution in [2.75, 3.05) is 33.0 Å². The number of halogens is 8. The molecule has 0 amide bonds. The first-order valence-electron chi connectivity index (χ1n) is 16.9. The van der Waals surface area contributed by atoms with Crippen LogP contribution in [0.3, 0.4) is 0 Å². The van der Waals surface area contributed by atoms with Crippen LogP contribution in [0.25, 0.3) is 0 Å². The van der Waals surface area contributed by atoms with E-state index in [0.29, 0.717) is 40.5 Å². The van der Waals surface area contributed by atoms with Crippen LogP contribution in [0, 0.1) is 83.2 Å². The van der Waals surface area contributed by atoms with Crippen molar-refractivity contribution < 1.29 is 45.6 Å². The molecular weight excluding hydrogens is 1020 g/mol. The van der Waals surface area contributed by atoms with E-state index in [2.05, 4.69) is 43.3 Å². The van der Waals surface area contributed by atoms with Crippen LogP contribution < -0.4 is 23.7 Å². The third-order valence-electron chi connectivity index (χ3n) is 5.98. The minimum absolute atomic E-state index is 0.0315. The standard InChI is InChI=1S/C9H5F4NO.C8H6BrNO.C8H6ClNO.C8H6FNO.C8H6INO.C2H3N/c10-7-2-1-6(9(11,12)13)5-8(7)15-4-3-14;9-7-2-1-3-8(6-7)11-5-4-10;9-7-3-1-2-4-8(7)11-6-5-10;2*9-7-2-1-3-8(6-7)11-5-4-10;1-2-3/h1-2,5H,4H2;1-3,6H,5H2;1-4H,6H2;2*1-3,6H,5H2;1H3. The molecule has 0 unspecified atom stereocenters. The van der Waals surface area contributed by atoms with E-state index < -0.39 is 29.9 Å². The number of ether oxygens (including phenoxy) is 5. The molecule has 0 heterocycles. The second kappa shape index (κ2) is 34.0. The van der Waals surface area contributed by atoms with Gasteiger partial charge in [-0.05, 0) is 101 Å². The molecule has 5 aromatic carbocycles. The summed E-state index contributed by atoms with van der Waals surface area (Å²) in [6.07, 6.45) is -4.56. The summed E-state index contributed by atoms with van der Waals surface area (Å²) < 4.78 is 88.3. The molecule has 0 spiro atoms. The summed E-state index contributed by atoms with van der Waals surface area (Å²) in [6.45, 7) is 1.11. The predicted molar refractivity (Wildman–Crippen MR) is 229 cm³/mol. The predicted octanol–water partition coefficient (Wildman–Crippen LogP) is 11.8. The number of para-hydroxylation sites is 1. The molecule has 0 aliphatic heterocycles. The zero-order valence-corrected chi connectivity index (χ0v) is 36.8. The monoisotopic (exact) mass is 1050 g/mol. The molecule has 0 bridgehead atoms. The molecule has 11 nitrogen and oxygen atoms in total. The summed E-state index contributed by atoms with van der Waals surface area (Å²) in [5.41, 5.74) is -1.02. The van der Waals surface area contributed by atoms with E-state index in [1.807, 2.05) is 72.8 Å². The quantitative estimate of drug-likeness (QED) is 0.0956. The zero-order valence-electron chi connectivity index (χ0n) is 32.3. The second-order valence-corrected chi connectivity index (χ2v) is 13.0. The lowest BCUT2D eigenvalue weighted by molar-refractivity contribution is -0.137. The zero-order chi connectivity index (χ0) is 46.6. The van der Waals surface area contributed by atoms with E-state index in [1.165, 1.54) is 31.2 Å². The molecular formula is C43H32BrClF5IN6O5. The van der Waals surface area contributed by atoms with Crippen molar-refractivity contribution >= 4 is 50.1 Å². The highest BCUT2D eigenvalue weighted by molar-refractivity contribution is 14.1. The van der Waals surface area contributed by atoms with E-state index in [9.17, 15) is 22.0 Å². The van der Waals surface area contributed by atoms with Gasteiger partial charge in [-0.25, -0.2) is 8.78 Å². The van der Waals surface area contributed by atoms with E-state index in [4.69, 9.17) is 62.1 Å². The Bertz CT molecular complexity index is 2220. The summed E-state index contributed by atoms with van der Waals surface area (Å²) >= 11 is 11.2. The van der Waals surface area contributed by atoms with E-state index in [0.717, 1.165) is 13.8 Å². The molecule has 62 heavy (non-hydrogen) atoms. The topological polar surface area (TPSA) is 189 Å². The van der Waals surface area contributed by atoms with Crippen molar-refractivity contribution in [3.8, 4) is 65.2 Å². The number of alkyl halides is 3. The number of hydrogen-bond donors (Lipinski definition) is 0. The van der Waals surface area contributed by atoms with E-state index in [-0.39, 0.29) is 32.2 Å². The maximum Gasteiger partial charge on any atom is 0.416 e. The van der Waals surface area contributed by atoms with Gasteiger partial charge in [0.25, 0.3) is 0 Å². The first-order chi connectivity index (χ1) is 29.7. The highest BCUT2D eigenvalue weighted by atomic mass is 127. The largest absolute Gasteiger partial charge is 0.479 e. The minimum atomic E-state index is -4.56. The number of nitrogens with zero attached hydrogens (tertiary/aromatic N) is 6. The van der Waals surface area contributed by atoms with E-state index >= 15 is 0 Å². The fraction of sp³-hybridized carbons (Fsp3) is 0.163. The van der Waals surface area contributed by atoms with Gasteiger partial charge >= 0.3 is 6.18 Å². The summed E-state index contributed by atoms with van der Waals surface area (Å²) in [6, 6.07) is 40.2. The average molecular weight is 1050 g/mol. The lowest BCUT2D eigenvalue weighted by atomic mass is 10.2. The normalized spacial score (nSPS) is 8.95. The van der Waals surface area contributed by atoms with Gasteiger partial charge in [0.15, 0.2) is 44.6 Å². The maximum absolute atomic E-state index is 12.9. The van der Waals surface area contributed by atoms with Crippen LogP contribution >= 0.6 is 50.1 Å². The second-order valence-electron chi connectivity index (χ2n) is 10.4. The van der Waals surface area contributed by atoms with Gasteiger partial charge in [0.1, 0.15) is 59.2 Å². The van der Waals surface area contributed by atoms with Gasteiger partial charge in [-0.3, -0.25) is 0 Å². The van der Waals surface area contributed by atoms with Crippen molar-refractivity contribution in [3.05, 3.63) is 146 Å². The first-order valence-corrected chi connectivity index (χ1v) is 19.1. The third kappa shape index (κ3) is 27.0. The molecule has 5 aromatic rings. The smallest absolute Gasteiger partial charge is 0.416 e. The van der Waals surface area contributed by atoms with Crippen molar-refractivity contribution in [3.63, 3.8) is 0 Å². The van der Waals surface area contributed by atoms with Crippen molar-refractivity contribution in [1.29, 1.82) is 31.6 Å². The molecule has 0 fully saturated rings. The SMILES string of the molecule is CC#N.N#CCOc1cc(C(F)(F)F)ccc1F.N#CCOc1cccc(Br)c1.N#CCOc1cccc(F)c1.N#CCOc1cccc(I)c1.N#CCOc1ccccc1Cl. The molecule has 0 saturated heterocycles. The highest BCUT2D eigenvalue weighted by Gasteiger charge is 2.31. The average Bonchev–Trinajstić information content (AvgIpc) is 3.24. The first kappa shape index (κ1) is 55.2. The van der Waals surface area contributed by atoms with Crippen LogP contribution in [0.1, 0.15) is 12.5 Å². The van der Waals surface area contributed by atoms with Gasteiger partial charge in [-0.1, -0.05) is 57.9 Å². The van der Waals surface area contributed by atoms with Gasteiger partial charge in [0.05, 0.1) is 16.7 Å². The minimum Gasteiger partial charge on any atom is -0.479 e. The Hall–Kier alpha value is -6.81. The molecule has 320 valence electrons. The maximum atomic E-state index is 12.9. The van der Waals surface area contributed by atoms with Crippen LogP contribution in [-0.2, 0) is 6.18 Å². The van der Waals surface area contributed by atoms with E-state index in [1.54, 1.807) is 36.4 Å². The summed E-state index contributed by atoms with van der Waals surface area (Å²) in [5.74, 6) is 0.520. The fourth-order valence-electron chi connectivity index (χ4n) is 3.59. The number of benzene rings is 5. The lowest BCUT2D eigenvalue weighted by Crippen LogP contribution is -2.06. The Morgan fingerprint density at radius 2 is 1.02 bits per heavy atom. The molecule has 0 saturated carbocycles. The lowest BCUT2D eigenvalue weighted by Gasteiger charge is -2.09. The molecule has 0 N–H and O–H groups in total. The fourth-order valence-corrected chi connectivity index (χ4v) is 4.67. The highest BCUT2D eigenvalue weighted by Crippen LogP contribution is 2.32. The van der Waals surface area contributed by atoms with Crippen molar-refractivity contribution in [2.45, 2.75) is 13.1 Å².